The number of nitrogens with zero attached hydrogens (tertiary/aromatic N) is 1. The van der Waals surface area contributed by atoms with Gasteiger partial charge in [0.2, 0.25) is 0 Å². The van der Waals surface area contributed by atoms with Crippen molar-refractivity contribution in [3.05, 3.63) is 71.4 Å². The summed E-state index contributed by atoms with van der Waals surface area (Å²) in [5, 5.41) is 1.37. The van der Waals surface area contributed by atoms with Crippen LogP contribution in [-0.4, -0.2) is 4.57 Å². The summed E-state index contributed by atoms with van der Waals surface area (Å²) in [6, 6.07) is 17.1. The lowest BCUT2D eigenvalue weighted by Gasteiger charge is -2.07. The second kappa shape index (κ2) is 4.34. The Kier molecular flexibility index (Phi) is 2.67. The number of aromatic nitrogens is 1. The van der Waals surface area contributed by atoms with Crippen LogP contribution in [0.5, 0.6) is 0 Å². The van der Waals surface area contributed by atoms with Gasteiger partial charge in [0.1, 0.15) is 0 Å². The Labute approximate surface area is 108 Å². The number of para-hydroxylation sites is 1. The highest BCUT2D eigenvalue weighted by atomic mass is 15.0. The van der Waals surface area contributed by atoms with Crippen LogP contribution in [0, 0.1) is 13.8 Å². The van der Waals surface area contributed by atoms with Gasteiger partial charge < -0.3 is 4.57 Å². The van der Waals surface area contributed by atoms with Gasteiger partial charge in [0, 0.05) is 18.1 Å². The lowest BCUT2D eigenvalue weighted by molar-refractivity contribution is 0.832. The van der Waals surface area contributed by atoms with E-state index < -0.39 is 0 Å². The highest BCUT2D eigenvalue weighted by Crippen LogP contribution is 2.24. The van der Waals surface area contributed by atoms with Crippen LogP contribution in [0.15, 0.2) is 54.7 Å². The first kappa shape index (κ1) is 11.1. The van der Waals surface area contributed by atoms with Crippen LogP contribution in [0.1, 0.15) is 16.7 Å². The molecule has 1 nitrogen and oxygen atoms in total. The van der Waals surface area contributed by atoms with Gasteiger partial charge in [-0.1, -0.05) is 48.5 Å². The molecule has 3 rings (SSSR count). The van der Waals surface area contributed by atoms with E-state index in [1.165, 1.54) is 27.6 Å². The van der Waals surface area contributed by atoms with Gasteiger partial charge in [-0.05, 0) is 30.5 Å². The lowest BCUT2D eigenvalue weighted by atomic mass is 10.1. The van der Waals surface area contributed by atoms with Gasteiger partial charge in [0.05, 0.1) is 5.52 Å². The van der Waals surface area contributed by atoms with E-state index in [0.29, 0.717) is 0 Å². The zero-order valence-electron chi connectivity index (χ0n) is 10.9. The average molecular weight is 235 g/mol. The van der Waals surface area contributed by atoms with Crippen LogP contribution in [0.2, 0.25) is 0 Å². The second-order valence-electron chi connectivity index (χ2n) is 4.90. The molecule has 3 aromatic rings. The molecule has 0 radical (unpaired) electrons. The molecule has 0 spiro atoms. The molecule has 0 aliphatic rings. The topological polar surface area (TPSA) is 4.93 Å². The highest BCUT2D eigenvalue weighted by Gasteiger charge is 2.07. The summed E-state index contributed by atoms with van der Waals surface area (Å²) < 4.78 is 2.36. The molecule has 2 aromatic carbocycles. The van der Waals surface area contributed by atoms with Gasteiger partial charge >= 0.3 is 0 Å². The van der Waals surface area contributed by atoms with E-state index in [1.54, 1.807) is 0 Å². The van der Waals surface area contributed by atoms with Crippen molar-refractivity contribution in [1.82, 2.24) is 4.57 Å². The summed E-state index contributed by atoms with van der Waals surface area (Å²) >= 11 is 0. The van der Waals surface area contributed by atoms with E-state index in [1.807, 2.05) is 0 Å². The molecule has 18 heavy (non-hydrogen) atoms. The maximum absolute atomic E-state index is 2.36. The van der Waals surface area contributed by atoms with Crippen LogP contribution < -0.4 is 0 Å². The first-order valence-corrected chi connectivity index (χ1v) is 6.34. The van der Waals surface area contributed by atoms with Crippen molar-refractivity contribution < 1.29 is 0 Å². The van der Waals surface area contributed by atoms with Gasteiger partial charge in [-0.2, -0.15) is 0 Å². The summed E-state index contributed by atoms with van der Waals surface area (Å²) in [6.07, 6.45) is 2.25. The minimum absolute atomic E-state index is 0.941. The van der Waals surface area contributed by atoms with Gasteiger partial charge in [-0.15, -0.1) is 0 Å². The molecule has 1 heterocycles. The Balaban J connectivity index is 2.13. The monoisotopic (exact) mass is 235 g/mol. The molecule has 0 amide bonds. The van der Waals surface area contributed by atoms with E-state index in [4.69, 9.17) is 0 Å². The fourth-order valence-electron chi connectivity index (χ4n) is 2.63. The third-order valence-corrected chi connectivity index (χ3v) is 3.50. The van der Waals surface area contributed by atoms with E-state index in [-0.39, 0.29) is 0 Å². The molecule has 0 fully saturated rings. The molecule has 0 N–H and O–H groups in total. The molecule has 0 saturated carbocycles. The van der Waals surface area contributed by atoms with Crippen LogP contribution in [0.4, 0.5) is 0 Å². The van der Waals surface area contributed by atoms with Crippen molar-refractivity contribution in [2.24, 2.45) is 0 Å². The van der Waals surface area contributed by atoms with E-state index in [0.717, 1.165) is 6.54 Å². The second-order valence-corrected chi connectivity index (χ2v) is 4.90. The normalized spacial score (nSPS) is 11.0. The predicted molar refractivity (Wildman–Crippen MR) is 77.0 cm³/mol. The van der Waals surface area contributed by atoms with Crippen molar-refractivity contribution >= 4 is 10.9 Å². The van der Waals surface area contributed by atoms with E-state index in [2.05, 4.69) is 73.1 Å². The third-order valence-electron chi connectivity index (χ3n) is 3.50. The number of fused-ring (bicyclic) bond motifs is 1. The number of rotatable bonds is 2. The zero-order valence-corrected chi connectivity index (χ0v) is 10.9. The Bertz CT molecular complexity index is 677. The maximum atomic E-state index is 2.36. The quantitative estimate of drug-likeness (QED) is 0.624. The van der Waals surface area contributed by atoms with Crippen LogP contribution in [0.3, 0.4) is 0 Å². The molecule has 0 aliphatic heterocycles. The smallest absolute Gasteiger partial charge is 0.0515 e. The third kappa shape index (κ3) is 1.82. The predicted octanol–water partition coefficient (Wildman–Crippen LogP) is 4.31. The largest absolute Gasteiger partial charge is 0.343 e. The number of hydrogen-bond acceptors (Lipinski definition) is 0. The molecule has 1 heteroatoms. The van der Waals surface area contributed by atoms with Gasteiger partial charge in [0.25, 0.3) is 0 Å². The van der Waals surface area contributed by atoms with Crippen molar-refractivity contribution in [2.45, 2.75) is 20.4 Å². The molecule has 90 valence electrons. The Hall–Kier alpha value is -2.02. The molecule has 0 saturated heterocycles. The number of hydrogen-bond donors (Lipinski definition) is 0. The minimum atomic E-state index is 0.941. The highest BCUT2D eigenvalue weighted by molar-refractivity contribution is 5.86. The molecule has 0 aliphatic carbocycles. The zero-order chi connectivity index (χ0) is 12.5. The number of benzene rings is 2. The molecule has 0 atom stereocenters. The van der Waals surface area contributed by atoms with Crippen molar-refractivity contribution in [3.8, 4) is 0 Å². The van der Waals surface area contributed by atoms with Crippen LogP contribution >= 0.6 is 0 Å². The van der Waals surface area contributed by atoms with Gasteiger partial charge in [0.15, 0.2) is 0 Å². The van der Waals surface area contributed by atoms with E-state index in [9.17, 15) is 0 Å². The average Bonchev–Trinajstić information content (AvgIpc) is 2.69. The Morgan fingerprint density at radius 2 is 1.61 bits per heavy atom. The summed E-state index contributed by atoms with van der Waals surface area (Å²) in [4.78, 5) is 0. The van der Waals surface area contributed by atoms with Crippen molar-refractivity contribution in [2.75, 3.05) is 0 Å². The summed E-state index contributed by atoms with van der Waals surface area (Å²) in [5.74, 6) is 0. The lowest BCUT2D eigenvalue weighted by Crippen LogP contribution is -1.98. The van der Waals surface area contributed by atoms with E-state index >= 15 is 0 Å². The fraction of sp³-hybridized carbons (Fsp3) is 0.176. The minimum Gasteiger partial charge on any atom is -0.343 e. The van der Waals surface area contributed by atoms with Crippen LogP contribution in [-0.2, 0) is 6.54 Å². The first-order valence-electron chi connectivity index (χ1n) is 6.34. The summed E-state index contributed by atoms with van der Waals surface area (Å²) in [5.41, 5.74) is 5.40. The Morgan fingerprint density at radius 3 is 2.39 bits per heavy atom. The standard InChI is InChI=1S/C17H17N/c1-13-7-6-10-16-14(2)11-18(17(13)16)12-15-8-4-3-5-9-15/h3-11H,12H2,1-2H3. The Morgan fingerprint density at radius 1 is 0.833 bits per heavy atom. The molecule has 0 bridgehead atoms. The fourth-order valence-corrected chi connectivity index (χ4v) is 2.63. The SMILES string of the molecule is Cc1cn(Cc2ccccc2)c2c(C)cccc12. The molecule has 1 aromatic heterocycles. The van der Waals surface area contributed by atoms with Gasteiger partial charge in [-0.25, -0.2) is 0 Å². The molecule has 0 unspecified atom stereocenters. The van der Waals surface area contributed by atoms with Crippen LogP contribution in [0.25, 0.3) is 10.9 Å². The van der Waals surface area contributed by atoms with Gasteiger partial charge in [-0.3, -0.25) is 0 Å². The maximum Gasteiger partial charge on any atom is 0.0515 e. The van der Waals surface area contributed by atoms with Crippen molar-refractivity contribution in [1.29, 1.82) is 0 Å². The number of aryl methyl sites for hydroxylation is 2. The molecular weight excluding hydrogens is 218 g/mol. The van der Waals surface area contributed by atoms with Crippen molar-refractivity contribution in [3.63, 3.8) is 0 Å². The molecular formula is C17H17N. The summed E-state index contributed by atoms with van der Waals surface area (Å²) in [7, 11) is 0. The summed E-state index contributed by atoms with van der Waals surface area (Å²) in [6.45, 7) is 5.31. The first-order chi connectivity index (χ1) is 8.75.